The molecule has 0 amide bonds. The second kappa shape index (κ2) is 6.63. The van der Waals surface area contributed by atoms with E-state index in [0.29, 0.717) is 11.7 Å². The summed E-state index contributed by atoms with van der Waals surface area (Å²) in [5, 5.41) is 20.9. The van der Waals surface area contributed by atoms with Gasteiger partial charge in [-0.1, -0.05) is 36.2 Å². The van der Waals surface area contributed by atoms with Crippen LogP contribution in [-0.4, -0.2) is 11.7 Å². The molecule has 0 aromatic carbocycles. The van der Waals surface area contributed by atoms with Crippen LogP contribution in [0.5, 0.6) is 0 Å². The van der Waals surface area contributed by atoms with Gasteiger partial charge in [-0.3, -0.25) is 0 Å². The van der Waals surface area contributed by atoms with Crippen LogP contribution in [0.25, 0.3) is 10.6 Å². The Hall–Kier alpha value is -0.866. The number of nitrogens with zero attached hydrogens (tertiary/aromatic N) is 2. The summed E-state index contributed by atoms with van der Waals surface area (Å²) in [5.41, 5.74) is 0. The van der Waals surface area contributed by atoms with Gasteiger partial charge in [-0.15, -0.1) is 0 Å². The van der Waals surface area contributed by atoms with Crippen molar-refractivity contribution in [2.75, 3.05) is 0 Å². The summed E-state index contributed by atoms with van der Waals surface area (Å²) < 4.78 is 0. The number of rotatable bonds is 0. The molecule has 0 saturated heterocycles. The summed E-state index contributed by atoms with van der Waals surface area (Å²) in [5.74, 6) is 0.935. The topological polar surface area (TPSA) is 75.9 Å². The molecule has 2 N–H and O–H groups in total. The van der Waals surface area contributed by atoms with Gasteiger partial charge in [0, 0.05) is 0 Å². The maximum atomic E-state index is 6.82. The van der Waals surface area contributed by atoms with Crippen molar-refractivity contribution < 1.29 is 21.7 Å². The van der Waals surface area contributed by atoms with E-state index >= 15 is 0 Å². The van der Waals surface area contributed by atoms with E-state index in [4.69, 9.17) is 10.8 Å². The molecule has 2 aliphatic rings. The fraction of sp³-hybridized carbons (Fsp3) is 0.250. The first-order chi connectivity index (χ1) is 5.79. The van der Waals surface area contributed by atoms with Crippen LogP contribution in [0.4, 0.5) is 0 Å². The van der Waals surface area contributed by atoms with Crippen molar-refractivity contribution in [3.05, 3.63) is 35.2 Å². The zero-order chi connectivity index (χ0) is 8.81. The average molecular weight is 210 g/mol. The SMILES string of the molecule is N=C1CC=C[N-]1.N=C1CC=C[N-]1.[Ti+2]. The van der Waals surface area contributed by atoms with Gasteiger partial charge in [0.2, 0.25) is 0 Å². The molecule has 2 rings (SSSR count). The van der Waals surface area contributed by atoms with Gasteiger partial charge in [0.15, 0.2) is 0 Å². The van der Waals surface area contributed by atoms with E-state index in [2.05, 4.69) is 10.6 Å². The first-order valence-electron chi connectivity index (χ1n) is 3.65. The first-order valence-corrected chi connectivity index (χ1v) is 3.65. The molecule has 0 fully saturated rings. The third-order valence-electron chi connectivity index (χ3n) is 1.29. The molecule has 66 valence electrons. The molecule has 13 heavy (non-hydrogen) atoms. The van der Waals surface area contributed by atoms with Crippen LogP contribution in [-0.2, 0) is 21.7 Å². The molecule has 0 aromatic heterocycles. The Kier molecular flexibility index (Phi) is 6.19. The molecule has 2 heterocycles. The van der Waals surface area contributed by atoms with Gasteiger partial charge in [-0.2, -0.15) is 0 Å². The summed E-state index contributed by atoms with van der Waals surface area (Å²) in [6.07, 6.45) is 8.48. The van der Waals surface area contributed by atoms with E-state index in [0.717, 1.165) is 12.8 Å². The third kappa shape index (κ3) is 5.39. The number of amidine groups is 2. The van der Waals surface area contributed by atoms with Crippen LogP contribution >= 0.6 is 0 Å². The van der Waals surface area contributed by atoms with Crippen LogP contribution in [0.2, 0.25) is 0 Å². The Labute approximate surface area is 92.4 Å². The Morgan fingerprint density at radius 3 is 1.38 bits per heavy atom. The molecule has 0 unspecified atom stereocenters. The Morgan fingerprint density at radius 2 is 1.31 bits per heavy atom. The normalized spacial score (nSPS) is 16.9. The number of hydrogen-bond acceptors (Lipinski definition) is 2. The predicted molar refractivity (Wildman–Crippen MR) is 49.7 cm³/mol. The summed E-state index contributed by atoms with van der Waals surface area (Å²) in [4.78, 5) is 0. The van der Waals surface area contributed by atoms with E-state index in [-0.39, 0.29) is 21.7 Å². The van der Waals surface area contributed by atoms with Crippen molar-refractivity contribution in [2.24, 2.45) is 0 Å². The summed E-state index contributed by atoms with van der Waals surface area (Å²) in [6, 6.07) is 0. The van der Waals surface area contributed by atoms with Crippen LogP contribution in [0.15, 0.2) is 24.6 Å². The molecule has 0 radical (unpaired) electrons. The number of nitrogens with one attached hydrogen (secondary N) is 2. The van der Waals surface area contributed by atoms with E-state index < -0.39 is 0 Å². The molecule has 0 aromatic rings. The van der Waals surface area contributed by atoms with E-state index in [1.54, 1.807) is 12.4 Å². The molecule has 0 aliphatic carbocycles. The van der Waals surface area contributed by atoms with Crippen molar-refractivity contribution in [3.8, 4) is 0 Å². The second-order valence-electron chi connectivity index (χ2n) is 2.33. The van der Waals surface area contributed by atoms with Gasteiger partial charge in [0.25, 0.3) is 0 Å². The zero-order valence-corrected chi connectivity index (χ0v) is 8.68. The largest absolute Gasteiger partial charge is 2.00 e. The number of hydrogen-bond donors (Lipinski definition) is 2. The van der Waals surface area contributed by atoms with Gasteiger partial charge in [-0.25, -0.2) is 0 Å². The van der Waals surface area contributed by atoms with Crippen molar-refractivity contribution in [2.45, 2.75) is 12.8 Å². The van der Waals surface area contributed by atoms with E-state index in [1.165, 1.54) is 0 Å². The minimum absolute atomic E-state index is 0. The maximum absolute atomic E-state index is 6.82. The zero-order valence-electron chi connectivity index (χ0n) is 7.12. The predicted octanol–water partition coefficient (Wildman–Crippen LogP) is 2.51. The molecule has 0 bridgehead atoms. The standard InChI is InChI=1S/2C4H5N2.Ti/c2*5-4-2-1-3-6-4;/h2*1,3H,2H2,(H-,5,6);/q2*-1;+2. The smallest absolute Gasteiger partial charge is 0.485 e. The van der Waals surface area contributed by atoms with Crippen molar-refractivity contribution in [1.29, 1.82) is 10.8 Å². The Balaban J connectivity index is 0.000000206. The molecule has 5 heteroatoms. The van der Waals surface area contributed by atoms with E-state index in [1.807, 2.05) is 12.2 Å². The first kappa shape index (κ1) is 12.1. The fourth-order valence-electron chi connectivity index (χ4n) is 0.719. The molecule has 0 saturated carbocycles. The van der Waals surface area contributed by atoms with Gasteiger partial charge < -0.3 is 21.5 Å². The van der Waals surface area contributed by atoms with Crippen molar-refractivity contribution in [1.82, 2.24) is 0 Å². The summed E-state index contributed by atoms with van der Waals surface area (Å²) in [7, 11) is 0. The molecular weight excluding hydrogens is 200 g/mol. The molecule has 0 spiro atoms. The van der Waals surface area contributed by atoms with Gasteiger partial charge in [0.05, 0.1) is 0 Å². The van der Waals surface area contributed by atoms with Crippen molar-refractivity contribution >= 4 is 11.7 Å². The van der Waals surface area contributed by atoms with Crippen LogP contribution in [0.1, 0.15) is 12.8 Å². The van der Waals surface area contributed by atoms with Crippen molar-refractivity contribution in [3.63, 3.8) is 0 Å². The quantitative estimate of drug-likeness (QED) is 0.576. The molecule has 4 nitrogen and oxygen atoms in total. The van der Waals surface area contributed by atoms with Crippen LogP contribution < -0.4 is 0 Å². The Bertz CT molecular complexity index is 199. The van der Waals surface area contributed by atoms with Gasteiger partial charge in [-0.05, 0) is 12.8 Å². The minimum Gasteiger partial charge on any atom is -0.485 e. The monoisotopic (exact) mass is 210 g/mol. The minimum atomic E-state index is 0. The van der Waals surface area contributed by atoms with Gasteiger partial charge >= 0.3 is 21.7 Å². The molecular formula is C8H10N4Ti. The summed E-state index contributed by atoms with van der Waals surface area (Å²) >= 11 is 0. The van der Waals surface area contributed by atoms with Crippen LogP contribution in [0, 0.1) is 10.8 Å². The van der Waals surface area contributed by atoms with Gasteiger partial charge in [0.1, 0.15) is 0 Å². The molecule has 0 atom stereocenters. The second-order valence-corrected chi connectivity index (χ2v) is 2.33. The summed E-state index contributed by atoms with van der Waals surface area (Å²) in [6.45, 7) is 0. The van der Waals surface area contributed by atoms with Crippen LogP contribution in [0.3, 0.4) is 0 Å². The van der Waals surface area contributed by atoms with E-state index in [9.17, 15) is 0 Å². The Morgan fingerprint density at radius 1 is 0.923 bits per heavy atom. The maximum Gasteiger partial charge on any atom is 2.00 e. The third-order valence-corrected chi connectivity index (χ3v) is 1.29. The molecule has 2 aliphatic heterocycles. The average Bonchev–Trinajstić information content (AvgIpc) is 2.63. The fourth-order valence-corrected chi connectivity index (χ4v) is 0.719.